The predicted molar refractivity (Wildman–Crippen MR) is 110 cm³/mol. The molecule has 0 radical (unpaired) electrons. The van der Waals surface area contributed by atoms with Gasteiger partial charge < -0.3 is 4.42 Å². The molecule has 4 aromatic carbocycles. The quantitative estimate of drug-likeness (QED) is 0.318. The Morgan fingerprint density at radius 1 is 0.500 bits per heavy atom. The third kappa shape index (κ3) is 2.58. The van der Waals surface area contributed by atoms with Gasteiger partial charge in [0, 0.05) is 15.8 Å². The van der Waals surface area contributed by atoms with Crippen molar-refractivity contribution in [1.29, 1.82) is 0 Å². The Kier molecular flexibility index (Phi) is 3.55. The molecule has 0 unspecified atom stereocenters. The maximum Gasteiger partial charge on any atom is 0.136 e. The molecule has 26 heavy (non-hydrogen) atoms. The lowest BCUT2D eigenvalue weighted by Gasteiger charge is -2.05. The van der Waals surface area contributed by atoms with Crippen LogP contribution in [0.3, 0.4) is 0 Å². The second kappa shape index (κ2) is 6.05. The van der Waals surface area contributed by atoms with E-state index < -0.39 is 0 Å². The molecule has 5 aromatic rings. The van der Waals surface area contributed by atoms with Gasteiger partial charge in [-0.25, -0.2) is 0 Å². The highest BCUT2D eigenvalue weighted by Gasteiger charge is 2.09. The van der Waals surface area contributed by atoms with E-state index in [0.717, 1.165) is 32.5 Å². The second-order valence-corrected chi connectivity index (χ2v) is 6.83. The van der Waals surface area contributed by atoms with E-state index in [0.29, 0.717) is 0 Å². The summed E-state index contributed by atoms with van der Waals surface area (Å²) in [4.78, 5) is 0. The molecule has 0 spiro atoms. The lowest BCUT2D eigenvalue weighted by atomic mass is 9.99. The third-order valence-corrected chi connectivity index (χ3v) is 4.99. The van der Waals surface area contributed by atoms with Crippen LogP contribution in [-0.4, -0.2) is 0 Å². The first-order valence-electron chi connectivity index (χ1n) is 8.56. The highest BCUT2D eigenvalue weighted by Crippen LogP contribution is 2.34. The van der Waals surface area contributed by atoms with Crippen molar-refractivity contribution >= 4 is 33.5 Å². The molecule has 1 aromatic heterocycles. The third-order valence-electron chi connectivity index (χ3n) is 4.76. The summed E-state index contributed by atoms with van der Waals surface area (Å²) in [5.74, 6) is 0. The molecule has 0 saturated carbocycles. The molecule has 5 rings (SSSR count). The van der Waals surface area contributed by atoms with E-state index >= 15 is 0 Å². The van der Waals surface area contributed by atoms with Gasteiger partial charge in [-0.15, -0.1) is 0 Å². The van der Waals surface area contributed by atoms with Gasteiger partial charge in [0.05, 0.1) is 0 Å². The summed E-state index contributed by atoms with van der Waals surface area (Å²) in [6, 6.07) is 31.1. The second-order valence-electron chi connectivity index (χ2n) is 6.40. The minimum atomic E-state index is 0.723. The molecule has 1 nitrogen and oxygen atoms in total. The van der Waals surface area contributed by atoms with Crippen LogP contribution in [0.5, 0.6) is 0 Å². The molecular weight excluding hydrogens is 340 g/mol. The maximum absolute atomic E-state index is 6.13. The van der Waals surface area contributed by atoms with Gasteiger partial charge in [-0.05, 0) is 52.6 Å². The van der Waals surface area contributed by atoms with Crippen LogP contribution < -0.4 is 0 Å². The minimum absolute atomic E-state index is 0.723. The van der Waals surface area contributed by atoms with Gasteiger partial charge in [-0.3, -0.25) is 0 Å². The normalized spacial score (nSPS) is 11.3. The van der Waals surface area contributed by atoms with E-state index in [-0.39, 0.29) is 0 Å². The fraction of sp³-hybridized carbons (Fsp3) is 0. The van der Waals surface area contributed by atoms with Crippen molar-refractivity contribution in [1.82, 2.24) is 0 Å². The van der Waals surface area contributed by atoms with Crippen LogP contribution in [0.2, 0.25) is 5.02 Å². The van der Waals surface area contributed by atoms with Crippen LogP contribution in [-0.2, 0) is 0 Å². The highest BCUT2D eigenvalue weighted by molar-refractivity contribution is 6.31. The average Bonchev–Trinajstić information content (AvgIpc) is 3.06. The maximum atomic E-state index is 6.13. The van der Waals surface area contributed by atoms with Crippen molar-refractivity contribution in [3.63, 3.8) is 0 Å². The fourth-order valence-corrected chi connectivity index (χ4v) is 3.59. The van der Waals surface area contributed by atoms with E-state index in [1.165, 1.54) is 16.7 Å². The van der Waals surface area contributed by atoms with Crippen molar-refractivity contribution in [2.24, 2.45) is 0 Å². The van der Waals surface area contributed by atoms with Crippen molar-refractivity contribution in [3.05, 3.63) is 96.0 Å². The van der Waals surface area contributed by atoms with Gasteiger partial charge in [-0.1, -0.05) is 72.3 Å². The molecule has 1 heterocycles. The summed E-state index contributed by atoms with van der Waals surface area (Å²) < 4.78 is 6.00. The van der Waals surface area contributed by atoms with E-state index in [4.69, 9.17) is 16.0 Å². The van der Waals surface area contributed by atoms with Crippen LogP contribution in [0.4, 0.5) is 0 Å². The molecule has 0 N–H and O–H groups in total. The SMILES string of the molecule is Clc1ccc2oc3cc(-c4ccc(-c5ccccc5)cc4)ccc3c2c1. The Bertz CT molecular complexity index is 1220. The molecule has 0 aliphatic rings. The van der Waals surface area contributed by atoms with E-state index in [9.17, 15) is 0 Å². The first-order valence-corrected chi connectivity index (χ1v) is 8.93. The Morgan fingerprint density at radius 2 is 1.15 bits per heavy atom. The number of hydrogen-bond donors (Lipinski definition) is 0. The number of furan rings is 1. The summed E-state index contributed by atoms with van der Waals surface area (Å²) in [5, 5.41) is 2.87. The number of hydrogen-bond acceptors (Lipinski definition) is 1. The molecule has 0 bridgehead atoms. The van der Waals surface area contributed by atoms with Crippen molar-refractivity contribution in [2.45, 2.75) is 0 Å². The van der Waals surface area contributed by atoms with Gasteiger partial charge >= 0.3 is 0 Å². The van der Waals surface area contributed by atoms with Gasteiger partial charge in [0.15, 0.2) is 0 Å². The minimum Gasteiger partial charge on any atom is -0.456 e. The molecule has 0 saturated heterocycles. The number of fused-ring (bicyclic) bond motifs is 3. The Hall–Kier alpha value is -3.03. The monoisotopic (exact) mass is 354 g/mol. The van der Waals surface area contributed by atoms with Gasteiger partial charge in [-0.2, -0.15) is 0 Å². The van der Waals surface area contributed by atoms with Crippen molar-refractivity contribution in [2.75, 3.05) is 0 Å². The van der Waals surface area contributed by atoms with Crippen LogP contribution in [0, 0.1) is 0 Å². The summed E-state index contributed by atoms with van der Waals surface area (Å²) >= 11 is 6.13. The molecule has 0 fully saturated rings. The summed E-state index contributed by atoms with van der Waals surface area (Å²) in [5.41, 5.74) is 6.50. The standard InChI is InChI=1S/C24H15ClO/c25-20-11-13-23-22(15-20)21-12-10-19(14-24(21)26-23)18-8-6-17(7-9-18)16-4-2-1-3-5-16/h1-15H. The molecular formula is C24H15ClO. The van der Waals surface area contributed by atoms with Crippen molar-refractivity contribution < 1.29 is 4.42 Å². The van der Waals surface area contributed by atoms with Crippen LogP contribution in [0.25, 0.3) is 44.2 Å². The molecule has 0 aliphatic heterocycles. The zero-order chi connectivity index (χ0) is 17.5. The molecule has 2 heteroatoms. The van der Waals surface area contributed by atoms with E-state index in [1.807, 2.05) is 24.3 Å². The molecule has 0 amide bonds. The van der Waals surface area contributed by atoms with E-state index in [2.05, 4.69) is 66.7 Å². The molecule has 124 valence electrons. The average molecular weight is 355 g/mol. The lowest BCUT2D eigenvalue weighted by Crippen LogP contribution is -1.80. The molecule has 0 atom stereocenters. The van der Waals surface area contributed by atoms with Crippen LogP contribution in [0.15, 0.2) is 95.4 Å². The predicted octanol–water partition coefficient (Wildman–Crippen LogP) is 7.57. The first-order chi connectivity index (χ1) is 12.8. The topological polar surface area (TPSA) is 13.1 Å². The van der Waals surface area contributed by atoms with Crippen molar-refractivity contribution in [3.8, 4) is 22.3 Å². The van der Waals surface area contributed by atoms with Gasteiger partial charge in [0.25, 0.3) is 0 Å². The summed E-state index contributed by atoms with van der Waals surface area (Å²) in [7, 11) is 0. The Morgan fingerprint density at radius 3 is 1.92 bits per heavy atom. The lowest BCUT2D eigenvalue weighted by molar-refractivity contribution is 0.669. The number of halogens is 1. The van der Waals surface area contributed by atoms with Crippen LogP contribution >= 0.6 is 11.6 Å². The largest absolute Gasteiger partial charge is 0.456 e. The van der Waals surface area contributed by atoms with Crippen LogP contribution in [0.1, 0.15) is 0 Å². The highest BCUT2D eigenvalue weighted by atomic mass is 35.5. The van der Waals surface area contributed by atoms with Gasteiger partial charge in [0.2, 0.25) is 0 Å². The Labute approximate surface area is 156 Å². The summed E-state index contributed by atoms with van der Waals surface area (Å²) in [6.07, 6.45) is 0. The Balaban J connectivity index is 1.57. The van der Waals surface area contributed by atoms with E-state index in [1.54, 1.807) is 0 Å². The molecule has 0 aliphatic carbocycles. The summed E-state index contributed by atoms with van der Waals surface area (Å²) in [6.45, 7) is 0. The zero-order valence-corrected chi connectivity index (χ0v) is 14.7. The number of benzene rings is 4. The van der Waals surface area contributed by atoms with Gasteiger partial charge in [0.1, 0.15) is 11.2 Å². The number of rotatable bonds is 2. The fourth-order valence-electron chi connectivity index (χ4n) is 3.41. The first kappa shape index (κ1) is 15.2. The zero-order valence-electron chi connectivity index (χ0n) is 13.9. The smallest absolute Gasteiger partial charge is 0.136 e.